The summed E-state index contributed by atoms with van der Waals surface area (Å²) >= 11 is 0. The molecule has 1 nitrogen and oxygen atoms in total. The molecule has 0 aliphatic heterocycles. The second-order valence-electron chi connectivity index (χ2n) is 4.45. The van der Waals surface area contributed by atoms with Crippen LogP contribution < -0.4 is 5.73 Å². The Morgan fingerprint density at radius 1 is 1.31 bits per heavy atom. The first-order chi connectivity index (χ1) is 6.16. The molecule has 0 saturated heterocycles. The van der Waals surface area contributed by atoms with E-state index in [-0.39, 0.29) is 6.04 Å². The number of nitrogens with two attached hydrogens (primary N) is 1. The standard InChI is InChI=1S/C11H22FN/c1-2-3-4-7-11(12)8-5-10(13)6-9-11/h10H,2-9,13H2,1H3. The molecule has 1 rings (SSSR count). The zero-order valence-electron chi connectivity index (χ0n) is 8.69. The monoisotopic (exact) mass is 187 g/mol. The van der Waals surface area contributed by atoms with E-state index in [0.717, 1.165) is 32.1 Å². The molecule has 13 heavy (non-hydrogen) atoms. The molecular formula is C11H22FN. The van der Waals surface area contributed by atoms with Crippen LogP contribution in [0.2, 0.25) is 0 Å². The normalized spacial score (nSPS) is 34.8. The third-order valence-electron chi connectivity index (χ3n) is 3.15. The van der Waals surface area contributed by atoms with Gasteiger partial charge in [0.2, 0.25) is 0 Å². The van der Waals surface area contributed by atoms with E-state index >= 15 is 0 Å². The number of rotatable bonds is 4. The molecular weight excluding hydrogens is 165 g/mol. The molecule has 1 saturated carbocycles. The van der Waals surface area contributed by atoms with Gasteiger partial charge in [0, 0.05) is 6.04 Å². The van der Waals surface area contributed by atoms with E-state index < -0.39 is 5.67 Å². The molecule has 78 valence electrons. The summed E-state index contributed by atoms with van der Waals surface area (Å²) in [5.41, 5.74) is 4.87. The molecule has 2 heteroatoms. The summed E-state index contributed by atoms with van der Waals surface area (Å²) in [5, 5.41) is 0. The van der Waals surface area contributed by atoms with Crippen molar-refractivity contribution in [3.8, 4) is 0 Å². The Kier molecular flexibility index (Phi) is 4.17. The van der Waals surface area contributed by atoms with Crippen LogP contribution in [0.25, 0.3) is 0 Å². The highest BCUT2D eigenvalue weighted by Crippen LogP contribution is 2.35. The van der Waals surface area contributed by atoms with Gasteiger partial charge in [0.25, 0.3) is 0 Å². The summed E-state index contributed by atoms with van der Waals surface area (Å²) in [4.78, 5) is 0. The van der Waals surface area contributed by atoms with Crippen molar-refractivity contribution in [3.05, 3.63) is 0 Å². The lowest BCUT2D eigenvalue weighted by Crippen LogP contribution is -2.35. The van der Waals surface area contributed by atoms with Crippen LogP contribution in [0, 0.1) is 0 Å². The topological polar surface area (TPSA) is 26.0 Å². The van der Waals surface area contributed by atoms with Crippen molar-refractivity contribution in [2.24, 2.45) is 5.73 Å². The Bertz CT molecular complexity index is 139. The lowest BCUT2D eigenvalue weighted by molar-refractivity contribution is 0.0859. The van der Waals surface area contributed by atoms with Crippen LogP contribution >= 0.6 is 0 Å². The molecule has 0 aromatic carbocycles. The Hall–Kier alpha value is -0.110. The van der Waals surface area contributed by atoms with Gasteiger partial charge in [-0.3, -0.25) is 0 Å². The quantitative estimate of drug-likeness (QED) is 0.672. The van der Waals surface area contributed by atoms with Crippen LogP contribution in [0.5, 0.6) is 0 Å². The molecule has 1 fully saturated rings. The van der Waals surface area contributed by atoms with Gasteiger partial charge in [-0.1, -0.05) is 26.2 Å². The van der Waals surface area contributed by atoms with E-state index in [1.807, 2.05) is 0 Å². The Morgan fingerprint density at radius 3 is 2.46 bits per heavy atom. The molecule has 0 spiro atoms. The Labute approximate surface area is 80.9 Å². The molecule has 1 aliphatic carbocycles. The second-order valence-corrected chi connectivity index (χ2v) is 4.45. The molecule has 0 atom stereocenters. The molecule has 0 aromatic rings. The molecule has 1 aliphatic rings. The van der Waals surface area contributed by atoms with Crippen molar-refractivity contribution in [3.63, 3.8) is 0 Å². The molecule has 0 aromatic heterocycles. The van der Waals surface area contributed by atoms with Crippen LogP contribution in [0.3, 0.4) is 0 Å². The molecule has 0 amide bonds. The van der Waals surface area contributed by atoms with E-state index in [1.54, 1.807) is 0 Å². The summed E-state index contributed by atoms with van der Waals surface area (Å²) in [7, 11) is 0. The van der Waals surface area contributed by atoms with Gasteiger partial charge in [0.15, 0.2) is 0 Å². The van der Waals surface area contributed by atoms with Crippen LogP contribution in [0.15, 0.2) is 0 Å². The van der Waals surface area contributed by atoms with Gasteiger partial charge in [0.1, 0.15) is 5.67 Å². The van der Waals surface area contributed by atoms with Gasteiger partial charge in [-0.2, -0.15) is 0 Å². The van der Waals surface area contributed by atoms with Gasteiger partial charge >= 0.3 is 0 Å². The highest BCUT2D eigenvalue weighted by Gasteiger charge is 2.33. The van der Waals surface area contributed by atoms with Crippen LogP contribution in [-0.2, 0) is 0 Å². The minimum Gasteiger partial charge on any atom is -0.328 e. The summed E-state index contributed by atoms with van der Waals surface area (Å²) in [6, 6.07) is 0.259. The molecule has 0 bridgehead atoms. The van der Waals surface area contributed by atoms with E-state index in [0.29, 0.717) is 12.8 Å². The summed E-state index contributed by atoms with van der Waals surface area (Å²) in [5.74, 6) is 0. The number of halogens is 1. The van der Waals surface area contributed by atoms with E-state index in [2.05, 4.69) is 6.92 Å². The van der Waals surface area contributed by atoms with Crippen molar-refractivity contribution >= 4 is 0 Å². The van der Waals surface area contributed by atoms with Crippen molar-refractivity contribution < 1.29 is 4.39 Å². The molecule has 2 N–H and O–H groups in total. The predicted molar refractivity (Wildman–Crippen MR) is 54.4 cm³/mol. The van der Waals surface area contributed by atoms with Gasteiger partial charge in [-0.05, 0) is 32.1 Å². The average molecular weight is 187 g/mol. The van der Waals surface area contributed by atoms with Gasteiger partial charge in [-0.15, -0.1) is 0 Å². The second kappa shape index (κ2) is 4.94. The zero-order chi connectivity index (χ0) is 9.73. The van der Waals surface area contributed by atoms with Crippen LogP contribution in [0.1, 0.15) is 58.3 Å². The minimum atomic E-state index is -0.870. The summed E-state index contributed by atoms with van der Waals surface area (Å²) < 4.78 is 14.0. The zero-order valence-corrected chi connectivity index (χ0v) is 8.69. The molecule has 0 unspecified atom stereocenters. The number of hydrogen-bond donors (Lipinski definition) is 1. The lowest BCUT2D eigenvalue weighted by atomic mass is 9.81. The predicted octanol–water partition coefficient (Wildman–Crippen LogP) is 3.18. The van der Waals surface area contributed by atoms with E-state index in [1.165, 1.54) is 6.42 Å². The number of unbranched alkanes of at least 4 members (excludes halogenated alkanes) is 2. The molecule has 0 radical (unpaired) electrons. The van der Waals surface area contributed by atoms with E-state index in [4.69, 9.17) is 5.73 Å². The van der Waals surface area contributed by atoms with Gasteiger partial charge in [-0.25, -0.2) is 4.39 Å². The fraction of sp³-hybridized carbons (Fsp3) is 1.00. The SMILES string of the molecule is CCCCCC1(F)CCC(N)CC1. The van der Waals surface area contributed by atoms with E-state index in [9.17, 15) is 4.39 Å². The Balaban J connectivity index is 2.22. The van der Waals surface area contributed by atoms with Crippen LogP contribution in [-0.4, -0.2) is 11.7 Å². The largest absolute Gasteiger partial charge is 0.328 e. The molecule has 0 heterocycles. The Morgan fingerprint density at radius 2 is 1.92 bits per heavy atom. The fourth-order valence-electron chi connectivity index (χ4n) is 2.10. The minimum absolute atomic E-state index is 0.259. The fourth-order valence-corrected chi connectivity index (χ4v) is 2.10. The number of alkyl halides is 1. The van der Waals surface area contributed by atoms with Crippen molar-refractivity contribution in [2.45, 2.75) is 70.0 Å². The highest BCUT2D eigenvalue weighted by atomic mass is 19.1. The van der Waals surface area contributed by atoms with Crippen molar-refractivity contribution in [2.75, 3.05) is 0 Å². The van der Waals surface area contributed by atoms with Crippen molar-refractivity contribution in [1.29, 1.82) is 0 Å². The first kappa shape index (κ1) is 11.0. The van der Waals surface area contributed by atoms with Gasteiger partial charge in [0.05, 0.1) is 0 Å². The maximum Gasteiger partial charge on any atom is 0.111 e. The third kappa shape index (κ3) is 3.63. The maximum atomic E-state index is 14.0. The van der Waals surface area contributed by atoms with Gasteiger partial charge < -0.3 is 5.73 Å². The third-order valence-corrected chi connectivity index (χ3v) is 3.15. The summed E-state index contributed by atoms with van der Waals surface area (Å²) in [6.07, 6.45) is 7.28. The highest BCUT2D eigenvalue weighted by molar-refractivity contribution is 4.87. The maximum absolute atomic E-state index is 14.0. The summed E-state index contributed by atoms with van der Waals surface area (Å²) in [6.45, 7) is 2.15. The smallest absolute Gasteiger partial charge is 0.111 e. The van der Waals surface area contributed by atoms with Crippen LogP contribution in [0.4, 0.5) is 4.39 Å². The first-order valence-corrected chi connectivity index (χ1v) is 5.61. The first-order valence-electron chi connectivity index (χ1n) is 5.61. The average Bonchev–Trinajstić information content (AvgIpc) is 2.12. The number of hydrogen-bond acceptors (Lipinski definition) is 1. The lowest BCUT2D eigenvalue weighted by Gasteiger charge is -2.32. The van der Waals surface area contributed by atoms with Crippen molar-refractivity contribution in [1.82, 2.24) is 0 Å².